The lowest BCUT2D eigenvalue weighted by Crippen LogP contribution is -2.41. The largest absolute Gasteiger partial charge is 0.378 e. The molecular weight excluding hydrogens is 180 g/mol. The summed E-state index contributed by atoms with van der Waals surface area (Å²) in [5.74, 6) is 0.149. The first-order valence-electron chi connectivity index (χ1n) is 3.90. The van der Waals surface area contributed by atoms with Crippen LogP contribution in [0.25, 0.3) is 0 Å². The lowest BCUT2D eigenvalue weighted by molar-refractivity contribution is -0.135. The summed E-state index contributed by atoms with van der Waals surface area (Å²) in [6.45, 7) is 3.21. The van der Waals surface area contributed by atoms with Gasteiger partial charge in [0.05, 0.1) is 13.2 Å². The normalized spacial score (nSPS) is 16.9. The van der Waals surface area contributed by atoms with Crippen LogP contribution in [0, 0.1) is 0 Å². The van der Waals surface area contributed by atoms with E-state index >= 15 is 0 Å². The quantitative estimate of drug-likeness (QED) is 0.652. The third kappa shape index (κ3) is 3.38. The van der Waals surface area contributed by atoms with Crippen LogP contribution in [-0.2, 0) is 9.53 Å². The molecular formula is C7H15ClN2O2. The summed E-state index contributed by atoms with van der Waals surface area (Å²) in [7, 11) is 0. The standard InChI is InChI=1S/C7H14N2O2.ClH/c8-2-1-7(10)9-3-5-11-6-4-9;/h1-6,8H2;1H. The van der Waals surface area contributed by atoms with E-state index < -0.39 is 0 Å². The number of carbonyl (C=O) groups is 1. The molecule has 1 fully saturated rings. The Bertz CT molecular complexity index is 137. The molecule has 1 aliphatic rings. The topological polar surface area (TPSA) is 55.6 Å². The monoisotopic (exact) mass is 194 g/mol. The zero-order valence-electron chi connectivity index (χ0n) is 6.99. The Balaban J connectivity index is 0.00000121. The molecule has 72 valence electrons. The Morgan fingerprint density at radius 1 is 1.42 bits per heavy atom. The molecule has 0 aromatic heterocycles. The Kier molecular flexibility index (Phi) is 6.06. The van der Waals surface area contributed by atoms with Crippen molar-refractivity contribution in [2.24, 2.45) is 5.73 Å². The number of nitrogens with two attached hydrogens (primary N) is 1. The minimum Gasteiger partial charge on any atom is -0.378 e. The maximum atomic E-state index is 11.2. The van der Waals surface area contributed by atoms with Crippen molar-refractivity contribution in [3.63, 3.8) is 0 Å². The molecule has 12 heavy (non-hydrogen) atoms. The highest BCUT2D eigenvalue weighted by Crippen LogP contribution is 1.98. The fourth-order valence-corrected chi connectivity index (χ4v) is 1.09. The Hall–Kier alpha value is -0.320. The molecule has 2 N–H and O–H groups in total. The van der Waals surface area contributed by atoms with Crippen molar-refractivity contribution < 1.29 is 9.53 Å². The van der Waals surface area contributed by atoms with Crippen molar-refractivity contribution in [1.29, 1.82) is 0 Å². The van der Waals surface area contributed by atoms with Gasteiger partial charge in [0.25, 0.3) is 0 Å². The molecule has 1 heterocycles. The number of hydrogen-bond donors (Lipinski definition) is 1. The van der Waals surface area contributed by atoms with Crippen LogP contribution in [0.1, 0.15) is 6.42 Å². The van der Waals surface area contributed by atoms with E-state index in [0.29, 0.717) is 26.2 Å². The third-order valence-electron chi connectivity index (χ3n) is 1.72. The average Bonchev–Trinajstić information content (AvgIpc) is 2.07. The van der Waals surface area contributed by atoms with Gasteiger partial charge in [-0.2, -0.15) is 0 Å². The first kappa shape index (κ1) is 11.7. The molecule has 0 bridgehead atoms. The SMILES string of the molecule is Cl.NCCC(=O)N1CCOCC1. The van der Waals surface area contributed by atoms with Crippen LogP contribution in [-0.4, -0.2) is 43.7 Å². The lowest BCUT2D eigenvalue weighted by Gasteiger charge is -2.26. The van der Waals surface area contributed by atoms with Crippen LogP contribution in [0.4, 0.5) is 0 Å². The predicted molar refractivity (Wildman–Crippen MR) is 48.3 cm³/mol. The molecule has 1 aliphatic heterocycles. The van der Waals surface area contributed by atoms with Crippen LogP contribution >= 0.6 is 12.4 Å². The fraction of sp³-hybridized carbons (Fsp3) is 0.857. The predicted octanol–water partition coefficient (Wildman–Crippen LogP) is -0.384. The van der Waals surface area contributed by atoms with Gasteiger partial charge in [-0.1, -0.05) is 0 Å². The first-order valence-corrected chi connectivity index (χ1v) is 3.90. The first-order chi connectivity index (χ1) is 5.34. The van der Waals surface area contributed by atoms with Crippen molar-refractivity contribution in [1.82, 2.24) is 4.90 Å². The van der Waals surface area contributed by atoms with Gasteiger partial charge in [0.15, 0.2) is 0 Å². The van der Waals surface area contributed by atoms with Gasteiger partial charge in [0, 0.05) is 26.1 Å². The highest BCUT2D eigenvalue weighted by atomic mass is 35.5. The van der Waals surface area contributed by atoms with Gasteiger partial charge in [-0.05, 0) is 0 Å². The second-order valence-corrected chi connectivity index (χ2v) is 2.53. The molecule has 1 rings (SSSR count). The highest BCUT2D eigenvalue weighted by Gasteiger charge is 2.14. The summed E-state index contributed by atoms with van der Waals surface area (Å²) >= 11 is 0. The van der Waals surface area contributed by atoms with Gasteiger partial charge < -0.3 is 15.4 Å². The Labute approximate surface area is 78.5 Å². The van der Waals surface area contributed by atoms with Crippen molar-refractivity contribution in [3.8, 4) is 0 Å². The second-order valence-electron chi connectivity index (χ2n) is 2.53. The number of halogens is 1. The van der Waals surface area contributed by atoms with Gasteiger partial charge >= 0.3 is 0 Å². The minimum absolute atomic E-state index is 0. The molecule has 0 aliphatic carbocycles. The second kappa shape index (κ2) is 6.22. The van der Waals surface area contributed by atoms with Gasteiger partial charge in [-0.15, -0.1) is 12.4 Å². The molecule has 1 amide bonds. The van der Waals surface area contributed by atoms with E-state index in [1.54, 1.807) is 4.90 Å². The van der Waals surface area contributed by atoms with Gasteiger partial charge in [0.1, 0.15) is 0 Å². The third-order valence-corrected chi connectivity index (χ3v) is 1.72. The summed E-state index contributed by atoms with van der Waals surface area (Å²) < 4.78 is 5.10. The fourth-order valence-electron chi connectivity index (χ4n) is 1.09. The molecule has 4 nitrogen and oxygen atoms in total. The van der Waals surface area contributed by atoms with Crippen LogP contribution in [0.15, 0.2) is 0 Å². The molecule has 5 heteroatoms. The van der Waals surface area contributed by atoms with Crippen molar-refractivity contribution in [2.45, 2.75) is 6.42 Å². The maximum Gasteiger partial charge on any atom is 0.223 e. The number of hydrogen-bond acceptors (Lipinski definition) is 3. The van der Waals surface area contributed by atoms with E-state index in [-0.39, 0.29) is 18.3 Å². The number of amides is 1. The summed E-state index contributed by atoms with van der Waals surface area (Å²) in [5.41, 5.74) is 5.26. The number of ether oxygens (including phenoxy) is 1. The molecule has 0 unspecified atom stereocenters. The minimum atomic E-state index is 0. The van der Waals surface area contributed by atoms with Gasteiger partial charge in [-0.25, -0.2) is 0 Å². The zero-order chi connectivity index (χ0) is 8.10. The molecule has 0 aromatic carbocycles. The van der Waals surface area contributed by atoms with Crippen LogP contribution in [0.5, 0.6) is 0 Å². The van der Waals surface area contributed by atoms with Gasteiger partial charge in [0.2, 0.25) is 5.91 Å². The van der Waals surface area contributed by atoms with Crippen molar-refractivity contribution in [3.05, 3.63) is 0 Å². The van der Waals surface area contributed by atoms with E-state index in [1.165, 1.54) is 0 Å². The van der Waals surface area contributed by atoms with Crippen LogP contribution < -0.4 is 5.73 Å². The van der Waals surface area contributed by atoms with E-state index in [0.717, 1.165) is 13.1 Å². The van der Waals surface area contributed by atoms with Crippen molar-refractivity contribution >= 4 is 18.3 Å². The summed E-state index contributed by atoms with van der Waals surface area (Å²) in [4.78, 5) is 13.0. The highest BCUT2D eigenvalue weighted by molar-refractivity contribution is 5.85. The number of carbonyl (C=O) groups excluding carboxylic acids is 1. The number of rotatable bonds is 2. The van der Waals surface area contributed by atoms with Gasteiger partial charge in [-0.3, -0.25) is 4.79 Å². The molecule has 0 spiro atoms. The molecule has 0 atom stereocenters. The van der Waals surface area contributed by atoms with E-state index in [4.69, 9.17) is 10.5 Å². The maximum absolute atomic E-state index is 11.2. The summed E-state index contributed by atoms with van der Waals surface area (Å²) in [6.07, 6.45) is 0.458. The Morgan fingerprint density at radius 2 is 2.00 bits per heavy atom. The van der Waals surface area contributed by atoms with E-state index in [9.17, 15) is 4.79 Å². The molecule has 1 saturated heterocycles. The van der Waals surface area contributed by atoms with Crippen LogP contribution in [0.3, 0.4) is 0 Å². The number of morpholine rings is 1. The molecule has 0 saturated carbocycles. The molecule has 0 aromatic rings. The van der Waals surface area contributed by atoms with E-state index in [2.05, 4.69) is 0 Å². The molecule has 0 radical (unpaired) electrons. The summed E-state index contributed by atoms with van der Waals surface area (Å²) in [6, 6.07) is 0. The smallest absolute Gasteiger partial charge is 0.223 e. The Morgan fingerprint density at radius 3 is 2.50 bits per heavy atom. The zero-order valence-corrected chi connectivity index (χ0v) is 7.81. The van der Waals surface area contributed by atoms with Crippen LogP contribution in [0.2, 0.25) is 0 Å². The van der Waals surface area contributed by atoms with Crippen molar-refractivity contribution in [2.75, 3.05) is 32.8 Å². The lowest BCUT2D eigenvalue weighted by atomic mass is 10.3. The average molecular weight is 195 g/mol. The summed E-state index contributed by atoms with van der Waals surface area (Å²) in [5, 5.41) is 0. The van der Waals surface area contributed by atoms with E-state index in [1.807, 2.05) is 0 Å². The number of nitrogens with zero attached hydrogens (tertiary/aromatic N) is 1.